The lowest BCUT2D eigenvalue weighted by Crippen LogP contribution is -2.11. The number of nitrogens with zero attached hydrogens (tertiary/aromatic N) is 2. The first-order chi connectivity index (χ1) is 12.3. The number of amides is 1. The van der Waals surface area contributed by atoms with Crippen molar-refractivity contribution in [1.82, 2.24) is 10.2 Å². The number of H-pyrrole nitrogens is 1. The van der Waals surface area contributed by atoms with Crippen LogP contribution in [0.3, 0.4) is 0 Å². The zero-order valence-corrected chi connectivity index (χ0v) is 14.3. The fourth-order valence-corrected chi connectivity index (χ4v) is 2.45. The summed E-state index contributed by atoms with van der Waals surface area (Å²) in [4.78, 5) is 11.4. The molecule has 2 rings (SSSR count). The molecule has 1 amide bonds. The number of nitrogens with one attached hydrogen (secondary N) is 2. The van der Waals surface area contributed by atoms with E-state index in [1.54, 1.807) is 19.9 Å². The molecule has 0 saturated carbocycles. The Kier molecular flexibility index (Phi) is 5.65. The standard InChI is InChI=1S/C17H16F4N4O/c1-4-7(3)10-12(18)14(20)11(15(21)13(10)19)16-8(6-22)17(25-24-16)23-9(26)5-2/h7H,4-5H2,1-3H3,(H2,23,24,25,26). The van der Waals surface area contributed by atoms with Crippen molar-refractivity contribution in [3.8, 4) is 17.3 Å². The van der Waals surface area contributed by atoms with Crippen LogP contribution in [0.1, 0.15) is 50.7 Å². The molecule has 1 heterocycles. The number of carbonyl (C=O) groups excluding carboxylic acids is 1. The van der Waals surface area contributed by atoms with E-state index in [4.69, 9.17) is 0 Å². The normalized spacial score (nSPS) is 11.9. The van der Waals surface area contributed by atoms with Crippen molar-refractivity contribution in [2.45, 2.75) is 39.5 Å². The van der Waals surface area contributed by atoms with Gasteiger partial charge in [-0.05, 0) is 12.3 Å². The van der Waals surface area contributed by atoms with Gasteiger partial charge in [0, 0.05) is 12.0 Å². The van der Waals surface area contributed by atoms with Crippen molar-refractivity contribution < 1.29 is 22.4 Å². The Morgan fingerprint density at radius 1 is 1.19 bits per heavy atom. The molecule has 2 N–H and O–H groups in total. The lowest BCUT2D eigenvalue weighted by Gasteiger charge is -2.15. The van der Waals surface area contributed by atoms with Crippen LogP contribution in [0.4, 0.5) is 23.4 Å². The smallest absolute Gasteiger partial charge is 0.225 e. The summed E-state index contributed by atoms with van der Waals surface area (Å²) < 4.78 is 57.8. The van der Waals surface area contributed by atoms with Crippen molar-refractivity contribution in [2.75, 3.05) is 5.32 Å². The van der Waals surface area contributed by atoms with Crippen LogP contribution in [0.25, 0.3) is 11.3 Å². The second kappa shape index (κ2) is 7.56. The minimum absolute atomic E-state index is 0.0721. The summed E-state index contributed by atoms with van der Waals surface area (Å²) in [5.74, 6) is -7.83. The fraction of sp³-hybridized carbons (Fsp3) is 0.353. The number of carbonyl (C=O) groups is 1. The zero-order valence-electron chi connectivity index (χ0n) is 14.3. The van der Waals surface area contributed by atoms with E-state index >= 15 is 0 Å². The fourth-order valence-electron chi connectivity index (χ4n) is 2.45. The van der Waals surface area contributed by atoms with E-state index in [0.29, 0.717) is 0 Å². The molecule has 0 aliphatic rings. The number of rotatable bonds is 5. The van der Waals surface area contributed by atoms with Gasteiger partial charge in [0.1, 0.15) is 11.6 Å². The molecule has 5 nitrogen and oxygen atoms in total. The Bertz CT molecular complexity index is 872. The van der Waals surface area contributed by atoms with E-state index in [-0.39, 0.29) is 18.7 Å². The summed E-state index contributed by atoms with van der Waals surface area (Å²) >= 11 is 0. The number of hydrogen-bond donors (Lipinski definition) is 2. The maximum absolute atomic E-state index is 14.5. The monoisotopic (exact) mass is 368 g/mol. The van der Waals surface area contributed by atoms with Crippen LogP contribution in [0.5, 0.6) is 0 Å². The van der Waals surface area contributed by atoms with Crippen LogP contribution in [-0.2, 0) is 4.79 Å². The lowest BCUT2D eigenvalue weighted by molar-refractivity contribution is -0.115. The highest BCUT2D eigenvalue weighted by Crippen LogP contribution is 2.37. The molecule has 1 atom stereocenters. The van der Waals surface area contributed by atoms with Crippen molar-refractivity contribution in [1.29, 1.82) is 5.26 Å². The van der Waals surface area contributed by atoms with Gasteiger partial charge in [-0.3, -0.25) is 9.89 Å². The Morgan fingerprint density at radius 3 is 2.23 bits per heavy atom. The molecule has 0 aliphatic carbocycles. The first-order valence-electron chi connectivity index (χ1n) is 7.92. The highest BCUT2D eigenvalue weighted by atomic mass is 19.2. The van der Waals surface area contributed by atoms with Crippen LogP contribution in [-0.4, -0.2) is 16.1 Å². The third kappa shape index (κ3) is 3.14. The van der Waals surface area contributed by atoms with E-state index in [2.05, 4.69) is 15.5 Å². The highest BCUT2D eigenvalue weighted by molar-refractivity contribution is 5.92. The van der Waals surface area contributed by atoms with Crippen molar-refractivity contribution >= 4 is 11.7 Å². The summed E-state index contributed by atoms with van der Waals surface area (Å²) in [6.07, 6.45) is 0.343. The quantitative estimate of drug-likeness (QED) is 0.607. The van der Waals surface area contributed by atoms with Gasteiger partial charge in [-0.15, -0.1) is 0 Å². The minimum Gasteiger partial charge on any atom is -0.308 e. The summed E-state index contributed by atoms with van der Waals surface area (Å²) in [5, 5.41) is 17.3. The second-order valence-electron chi connectivity index (χ2n) is 5.69. The molecule has 2 aromatic rings. The summed E-state index contributed by atoms with van der Waals surface area (Å²) in [5.41, 5.74) is -2.75. The van der Waals surface area contributed by atoms with Gasteiger partial charge in [0.2, 0.25) is 5.91 Å². The third-order valence-corrected chi connectivity index (χ3v) is 4.11. The number of benzene rings is 1. The van der Waals surface area contributed by atoms with Gasteiger partial charge >= 0.3 is 0 Å². The van der Waals surface area contributed by atoms with Gasteiger partial charge in [-0.25, -0.2) is 17.6 Å². The van der Waals surface area contributed by atoms with Gasteiger partial charge in [0.15, 0.2) is 29.1 Å². The van der Waals surface area contributed by atoms with Gasteiger partial charge in [0.25, 0.3) is 0 Å². The van der Waals surface area contributed by atoms with Crippen molar-refractivity contribution in [3.05, 3.63) is 34.4 Å². The molecule has 1 aromatic carbocycles. The van der Waals surface area contributed by atoms with Crippen LogP contribution in [0, 0.1) is 34.6 Å². The van der Waals surface area contributed by atoms with Crippen molar-refractivity contribution in [2.24, 2.45) is 0 Å². The predicted octanol–water partition coefficient (Wildman–Crippen LogP) is 4.37. The Balaban J connectivity index is 2.71. The van der Waals surface area contributed by atoms with E-state index in [1.807, 2.05) is 0 Å². The van der Waals surface area contributed by atoms with Crippen molar-refractivity contribution in [3.63, 3.8) is 0 Å². The molecule has 138 valence electrons. The number of hydrogen-bond acceptors (Lipinski definition) is 3. The topological polar surface area (TPSA) is 81.6 Å². The number of halogens is 4. The second-order valence-corrected chi connectivity index (χ2v) is 5.69. The molecular weight excluding hydrogens is 352 g/mol. The molecule has 0 fully saturated rings. The van der Waals surface area contributed by atoms with E-state index in [1.165, 1.54) is 6.92 Å². The van der Waals surface area contributed by atoms with Gasteiger partial charge in [-0.2, -0.15) is 10.4 Å². The van der Waals surface area contributed by atoms with E-state index < -0.39 is 57.5 Å². The number of aromatic amines is 1. The highest BCUT2D eigenvalue weighted by Gasteiger charge is 2.31. The van der Waals surface area contributed by atoms with Crippen LogP contribution in [0.2, 0.25) is 0 Å². The van der Waals surface area contributed by atoms with Gasteiger partial charge in [-0.1, -0.05) is 20.8 Å². The van der Waals surface area contributed by atoms with E-state index in [9.17, 15) is 27.6 Å². The molecular formula is C17H16F4N4O. The SMILES string of the molecule is CCC(=O)Nc1n[nH]c(-c2c(F)c(F)c(C(C)CC)c(F)c2F)c1C#N. The van der Waals surface area contributed by atoms with Crippen LogP contribution >= 0.6 is 0 Å². The van der Waals surface area contributed by atoms with E-state index in [0.717, 1.165) is 0 Å². The molecule has 1 aromatic heterocycles. The zero-order chi connectivity index (χ0) is 19.6. The minimum atomic E-state index is -1.63. The first kappa shape index (κ1) is 19.4. The molecule has 9 heteroatoms. The maximum Gasteiger partial charge on any atom is 0.225 e. The predicted molar refractivity (Wildman–Crippen MR) is 86.2 cm³/mol. The molecule has 0 spiro atoms. The number of aromatic nitrogens is 2. The molecule has 0 bridgehead atoms. The largest absolute Gasteiger partial charge is 0.308 e. The first-order valence-corrected chi connectivity index (χ1v) is 7.92. The Hall–Kier alpha value is -2.89. The third-order valence-electron chi connectivity index (χ3n) is 4.11. The lowest BCUT2D eigenvalue weighted by atomic mass is 9.94. The molecule has 0 saturated heterocycles. The molecule has 26 heavy (non-hydrogen) atoms. The molecule has 1 unspecified atom stereocenters. The summed E-state index contributed by atoms with van der Waals surface area (Å²) in [6.45, 7) is 4.61. The maximum atomic E-state index is 14.5. The summed E-state index contributed by atoms with van der Waals surface area (Å²) in [6, 6.07) is 1.63. The summed E-state index contributed by atoms with van der Waals surface area (Å²) in [7, 11) is 0. The number of nitriles is 1. The Labute approximate surface area is 147 Å². The number of anilines is 1. The van der Waals surface area contributed by atoms with Gasteiger partial charge < -0.3 is 5.32 Å². The van der Waals surface area contributed by atoms with Crippen LogP contribution < -0.4 is 5.32 Å². The Morgan fingerprint density at radius 2 is 1.77 bits per heavy atom. The average Bonchev–Trinajstić information content (AvgIpc) is 3.02. The molecule has 0 aliphatic heterocycles. The molecule has 0 radical (unpaired) electrons. The van der Waals surface area contributed by atoms with Crippen LogP contribution in [0.15, 0.2) is 0 Å². The van der Waals surface area contributed by atoms with Gasteiger partial charge in [0.05, 0.1) is 11.3 Å². The average molecular weight is 368 g/mol.